The van der Waals surface area contributed by atoms with Crippen molar-refractivity contribution in [1.82, 2.24) is 4.98 Å². The normalized spacial score (nSPS) is 11.0. The molecule has 0 atom stereocenters. The highest BCUT2D eigenvalue weighted by atomic mass is 16.5. The third-order valence-electron chi connectivity index (χ3n) is 4.24. The van der Waals surface area contributed by atoms with Crippen molar-refractivity contribution >= 4 is 28.7 Å². The molecule has 0 radical (unpaired) electrons. The molecule has 0 saturated heterocycles. The standard InChI is InChI=1S/C22H19NO3/c1-15-8-9-19(13-16(15)2)20(24)14-26-21(25)11-10-18-6-3-5-17-7-4-12-23-22(17)18/h3-13H,14H2,1-2H3/b11-10+. The number of para-hydroxylation sites is 1. The third kappa shape index (κ3) is 4.03. The molecule has 1 aromatic heterocycles. The van der Waals surface area contributed by atoms with Crippen LogP contribution in [0.2, 0.25) is 0 Å². The summed E-state index contributed by atoms with van der Waals surface area (Å²) in [6.45, 7) is 3.65. The van der Waals surface area contributed by atoms with Gasteiger partial charge in [-0.3, -0.25) is 9.78 Å². The molecule has 0 bridgehead atoms. The fraction of sp³-hybridized carbons (Fsp3) is 0.136. The van der Waals surface area contributed by atoms with Gasteiger partial charge in [0, 0.05) is 28.8 Å². The minimum Gasteiger partial charge on any atom is -0.454 e. The van der Waals surface area contributed by atoms with Crippen LogP contribution in [0.25, 0.3) is 17.0 Å². The Bertz CT molecular complexity index is 1000. The molecule has 0 aliphatic rings. The van der Waals surface area contributed by atoms with Crippen LogP contribution in [0.3, 0.4) is 0 Å². The number of hydrogen-bond donors (Lipinski definition) is 0. The fourth-order valence-corrected chi connectivity index (χ4v) is 2.60. The molecule has 0 amide bonds. The zero-order valence-corrected chi connectivity index (χ0v) is 14.7. The van der Waals surface area contributed by atoms with Crippen LogP contribution in [-0.4, -0.2) is 23.3 Å². The lowest BCUT2D eigenvalue weighted by Crippen LogP contribution is -2.12. The second-order valence-electron chi connectivity index (χ2n) is 6.09. The predicted octanol–water partition coefficient (Wildman–Crippen LogP) is 4.29. The lowest BCUT2D eigenvalue weighted by molar-refractivity contribution is -0.136. The van der Waals surface area contributed by atoms with Crippen LogP contribution in [0, 0.1) is 13.8 Å². The first-order valence-electron chi connectivity index (χ1n) is 8.33. The molecule has 3 aromatic rings. The minimum absolute atomic E-state index is 0.221. The SMILES string of the molecule is Cc1ccc(C(=O)COC(=O)/C=C/c2cccc3cccnc23)cc1C. The van der Waals surface area contributed by atoms with E-state index >= 15 is 0 Å². The van der Waals surface area contributed by atoms with Gasteiger partial charge in [-0.25, -0.2) is 4.79 Å². The highest BCUT2D eigenvalue weighted by Crippen LogP contribution is 2.17. The van der Waals surface area contributed by atoms with Crippen LogP contribution < -0.4 is 0 Å². The van der Waals surface area contributed by atoms with Gasteiger partial charge in [0.1, 0.15) is 0 Å². The molecule has 3 rings (SSSR count). The second-order valence-corrected chi connectivity index (χ2v) is 6.09. The Morgan fingerprint density at radius 3 is 2.65 bits per heavy atom. The Morgan fingerprint density at radius 1 is 1.04 bits per heavy atom. The number of hydrogen-bond acceptors (Lipinski definition) is 4. The van der Waals surface area contributed by atoms with Crippen LogP contribution in [-0.2, 0) is 9.53 Å². The van der Waals surface area contributed by atoms with Crippen LogP contribution in [0.1, 0.15) is 27.0 Å². The van der Waals surface area contributed by atoms with Gasteiger partial charge >= 0.3 is 5.97 Å². The smallest absolute Gasteiger partial charge is 0.331 e. The van der Waals surface area contributed by atoms with Gasteiger partial charge < -0.3 is 4.74 Å². The molecule has 0 spiro atoms. The molecule has 4 nitrogen and oxygen atoms in total. The van der Waals surface area contributed by atoms with E-state index in [0.29, 0.717) is 5.56 Å². The van der Waals surface area contributed by atoms with E-state index < -0.39 is 5.97 Å². The predicted molar refractivity (Wildman–Crippen MR) is 102 cm³/mol. The number of ether oxygens (including phenoxy) is 1. The molecule has 26 heavy (non-hydrogen) atoms. The second kappa shape index (κ2) is 7.74. The largest absolute Gasteiger partial charge is 0.454 e. The van der Waals surface area contributed by atoms with E-state index in [1.807, 2.05) is 56.3 Å². The van der Waals surface area contributed by atoms with Crippen LogP contribution >= 0.6 is 0 Å². The Hall–Kier alpha value is -3.27. The Morgan fingerprint density at radius 2 is 1.85 bits per heavy atom. The first-order valence-corrected chi connectivity index (χ1v) is 8.33. The maximum Gasteiger partial charge on any atom is 0.331 e. The van der Waals surface area contributed by atoms with E-state index in [-0.39, 0.29) is 12.4 Å². The molecule has 0 saturated carbocycles. The number of Topliss-reactive ketones (excluding diaryl/α,β-unsaturated/α-hetero) is 1. The topological polar surface area (TPSA) is 56.3 Å². The zero-order chi connectivity index (χ0) is 18.5. The van der Waals surface area contributed by atoms with E-state index in [9.17, 15) is 9.59 Å². The highest BCUT2D eigenvalue weighted by molar-refractivity contribution is 5.99. The summed E-state index contributed by atoms with van der Waals surface area (Å²) in [6.07, 6.45) is 4.68. The molecule has 0 unspecified atom stereocenters. The Kier molecular flexibility index (Phi) is 5.23. The van der Waals surface area contributed by atoms with E-state index in [4.69, 9.17) is 4.74 Å². The van der Waals surface area contributed by atoms with Gasteiger partial charge in [-0.15, -0.1) is 0 Å². The molecule has 0 aliphatic heterocycles. The molecular weight excluding hydrogens is 326 g/mol. The van der Waals surface area contributed by atoms with Gasteiger partial charge in [-0.05, 0) is 43.2 Å². The van der Waals surface area contributed by atoms with Gasteiger partial charge in [-0.2, -0.15) is 0 Å². The van der Waals surface area contributed by atoms with Crippen LogP contribution in [0.15, 0.2) is 60.8 Å². The minimum atomic E-state index is -0.560. The summed E-state index contributed by atoms with van der Waals surface area (Å²) in [5.41, 5.74) is 4.32. The number of rotatable bonds is 5. The number of ketones is 1. The summed E-state index contributed by atoms with van der Waals surface area (Å²) in [4.78, 5) is 28.4. The van der Waals surface area contributed by atoms with Gasteiger partial charge in [-0.1, -0.05) is 36.4 Å². The molecule has 130 valence electrons. The van der Waals surface area contributed by atoms with Gasteiger partial charge in [0.2, 0.25) is 0 Å². The fourth-order valence-electron chi connectivity index (χ4n) is 2.60. The number of aromatic nitrogens is 1. The maximum atomic E-state index is 12.2. The molecule has 0 fully saturated rings. The molecule has 0 aliphatic carbocycles. The number of carbonyl (C=O) groups is 2. The molecule has 1 heterocycles. The lowest BCUT2D eigenvalue weighted by atomic mass is 10.0. The van der Waals surface area contributed by atoms with Gasteiger partial charge in [0.05, 0.1) is 5.52 Å². The number of benzene rings is 2. The van der Waals surface area contributed by atoms with Crippen molar-refractivity contribution < 1.29 is 14.3 Å². The molecular formula is C22H19NO3. The summed E-state index contributed by atoms with van der Waals surface area (Å²) >= 11 is 0. The monoisotopic (exact) mass is 345 g/mol. The van der Waals surface area contributed by atoms with E-state index in [2.05, 4.69) is 4.98 Å². The maximum absolute atomic E-state index is 12.2. The number of aryl methyl sites for hydroxylation is 2. The average Bonchev–Trinajstić information content (AvgIpc) is 2.66. The quantitative estimate of drug-likeness (QED) is 0.393. The number of fused-ring (bicyclic) bond motifs is 1. The number of esters is 1. The van der Waals surface area contributed by atoms with Gasteiger partial charge in [0.15, 0.2) is 12.4 Å². The summed E-state index contributed by atoms with van der Waals surface area (Å²) in [5.74, 6) is -0.781. The number of nitrogens with zero attached hydrogens (tertiary/aromatic N) is 1. The van der Waals surface area contributed by atoms with E-state index in [0.717, 1.165) is 27.6 Å². The van der Waals surface area contributed by atoms with Crippen molar-refractivity contribution in [2.45, 2.75) is 13.8 Å². The van der Waals surface area contributed by atoms with Crippen molar-refractivity contribution in [2.24, 2.45) is 0 Å². The Labute approximate surface area is 152 Å². The Balaban J connectivity index is 1.64. The molecule has 0 N–H and O–H groups in total. The summed E-state index contributed by atoms with van der Waals surface area (Å²) in [6, 6.07) is 15.0. The van der Waals surface area contributed by atoms with Crippen molar-refractivity contribution in [3.63, 3.8) is 0 Å². The van der Waals surface area contributed by atoms with Crippen molar-refractivity contribution in [1.29, 1.82) is 0 Å². The van der Waals surface area contributed by atoms with E-state index in [1.54, 1.807) is 18.3 Å². The molecule has 2 aromatic carbocycles. The first-order chi connectivity index (χ1) is 12.5. The van der Waals surface area contributed by atoms with Gasteiger partial charge in [0.25, 0.3) is 0 Å². The average molecular weight is 345 g/mol. The van der Waals surface area contributed by atoms with Crippen LogP contribution in [0.4, 0.5) is 0 Å². The lowest BCUT2D eigenvalue weighted by Gasteiger charge is -2.05. The third-order valence-corrected chi connectivity index (χ3v) is 4.24. The van der Waals surface area contributed by atoms with Crippen LogP contribution in [0.5, 0.6) is 0 Å². The summed E-state index contributed by atoms with van der Waals surface area (Å²) < 4.78 is 5.07. The first kappa shape index (κ1) is 17.5. The zero-order valence-electron chi connectivity index (χ0n) is 14.7. The number of pyridine rings is 1. The van der Waals surface area contributed by atoms with E-state index in [1.165, 1.54) is 6.08 Å². The summed E-state index contributed by atoms with van der Waals surface area (Å²) in [7, 11) is 0. The van der Waals surface area contributed by atoms with Crippen molar-refractivity contribution in [2.75, 3.05) is 6.61 Å². The summed E-state index contributed by atoms with van der Waals surface area (Å²) in [5, 5.41) is 0.993. The van der Waals surface area contributed by atoms with Crippen molar-refractivity contribution in [3.05, 3.63) is 83.1 Å². The number of carbonyl (C=O) groups excluding carboxylic acids is 2. The highest BCUT2D eigenvalue weighted by Gasteiger charge is 2.09. The molecule has 4 heteroatoms. The van der Waals surface area contributed by atoms with Crippen molar-refractivity contribution in [3.8, 4) is 0 Å².